The number of carbonyl (C=O) groups excluding carboxylic acids is 1. The first-order chi connectivity index (χ1) is 15.0. The van der Waals surface area contributed by atoms with Crippen molar-refractivity contribution in [1.82, 2.24) is 15.1 Å². The summed E-state index contributed by atoms with van der Waals surface area (Å²) in [5.74, 6) is -0.600. The summed E-state index contributed by atoms with van der Waals surface area (Å²) in [5.41, 5.74) is 0.675. The van der Waals surface area contributed by atoms with Gasteiger partial charge in [-0.25, -0.2) is 8.78 Å². The minimum Gasteiger partial charge on any atom is -0.354 e. The Labute approximate surface area is 178 Å². The second kappa shape index (κ2) is 9.07. The first-order valence-corrected chi connectivity index (χ1v) is 10.1. The van der Waals surface area contributed by atoms with E-state index in [1.807, 2.05) is 4.90 Å². The maximum absolute atomic E-state index is 13.6. The van der Waals surface area contributed by atoms with Gasteiger partial charge in [0.1, 0.15) is 17.5 Å². The highest BCUT2D eigenvalue weighted by atomic mass is 19.1. The van der Waals surface area contributed by atoms with E-state index in [1.54, 1.807) is 24.3 Å². The second-order valence-corrected chi connectivity index (χ2v) is 7.55. The van der Waals surface area contributed by atoms with E-state index in [9.17, 15) is 18.4 Å². The molecule has 1 saturated heterocycles. The zero-order chi connectivity index (χ0) is 21.8. The molecule has 2 aromatic carbocycles. The molecule has 1 N–H and O–H groups in total. The van der Waals surface area contributed by atoms with Crippen LogP contribution >= 0.6 is 0 Å². The molecule has 8 heteroatoms. The highest BCUT2D eigenvalue weighted by molar-refractivity contribution is 5.79. The highest BCUT2D eigenvalue weighted by Gasteiger charge is 2.27. The van der Waals surface area contributed by atoms with Crippen LogP contribution in [0.1, 0.15) is 18.4 Å². The molecule has 1 fully saturated rings. The molecule has 4 rings (SSSR count). The maximum Gasteiger partial charge on any atom is 0.271 e. The van der Waals surface area contributed by atoms with E-state index in [1.165, 1.54) is 36.4 Å². The predicted octanol–water partition coefficient (Wildman–Crippen LogP) is 3.04. The van der Waals surface area contributed by atoms with Gasteiger partial charge in [-0.2, -0.15) is 4.68 Å². The summed E-state index contributed by atoms with van der Waals surface area (Å²) in [6, 6.07) is 14.8. The Morgan fingerprint density at radius 2 is 1.84 bits per heavy atom. The summed E-state index contributed by atoms with van der Waals surface area (Å²) in [7, 11) is 0. The van der Waals surface area contributed by atoms with Gasteiger partial charge in [-0.15, -0.1) is 5.10 Å². The summed E-state index contributed by atoms with van der Waals surface area (Å²) in [6.45, 7) is 1.40. The first kappa shape index (κ1) is 20.7. The lowest BCUT2D eigenvalue weighted by Gasteiger charge is -2.33. The molecule has 1 atom stereocenters. The highest BCUT2D eigenvalue weighted by Crippen LogP contribution is 2.22. The third-order valence-electron chi connectivity index (χ3n) is 5.31. The summed E-state index contributed by atoms with van der Waals surface area (Å²) in [4.78, 5) is 26.9. The van der Waals surface area contributed by atoms with Crippen LogP contribution in [-0.2, 0) is 11.3 Å². The average Bonchev–Trinajstić information content (AvgIpc) is 2.78. The van der Waals surface area contributed by atoms with Gasteiger partial charge in [0, 0.05) is 25.7 Å². The smallest absolute Gasteiger partial charge is 0.271 e. The van der Waals surface area contributed by atoms with Crippen LogP contribution in [0.2, 0.25) is 0 Å². The van der Waals surface area contributed by atoms with Gasteiger partial charge in [0.25, 0.3) is 5.56 Å². The number of carbonyl (C=O) groups is 1. The van der Waals surface area contributed by atoms with Gasteiger partial charge in [0.15, 0.2) is 0 Å². The lowest BCUT2D eigenvalue weighted by Crippen LogP contribution is -2.43. The van der Waals surface area contributed by atoms with Gasteiger partial charge < -0.3 is 10.2 Å². The Hall–Kier alpha value is -3.55. The summed E-state index contributed by atoms with van der Waals surface area (Å²) in [5, 5.41) is 7.27. The van der Waals surface area contributed by atoms with Gasteiger partial charge in [0.05, 0.1) is 11.6 Å². The standard InChI is InChI=1S/C23H22F2N4O2/c24-18-6-1-4-16(12-18)14-26-23(31)17-5-3-11-28(15-17)21-9-10-22(30)29(27-21)20-8-2-7-19(25)13-20/h1-2,4,6-10,12-13,17H,3,5,11,14-15H2,(H,26,31). The van der Waals surface area contributed by atoms with E-state index in [4.69, 9.17) is 0 Å². The van der Waals surface area contributed by atoms with Crippen LogP contribution in [0.3, 0.4) is 0 Å². The van der Waals surface area contributed by atoms with Crippen LogP contribution in [0.15, 0.2) is 65.5 Å². The van der Waals surface area contributed by atoms with Crippen LogP contribution in [0.25, 0.3) is 5.69 Å². The number of benzene rings is 2. The number of nitrogens with one attached hydrogen (secondary N) is 1. The van der Waals surface area contributed by atoms with Crippen molar-refractivity contribution in [3.8, 4) is 5.69 Å². The summed E-state index contributed by atoms with van der Waals surface area (Å²) in [6.07, 6.45) is 1.52. The lowest BCUT2D eigenvalue weighted by atomic mass is 9.97. The summed E-state index contributed by atoms with van der Waals surface area (Å²) < 4.78 is 28.1. The molecular weight excluding hydrogens is 402 g/mol. The van der Waals surface area contributed by atoms with Gasteiger partial charge in [-0.3, -0.25) is 9.59 Å². The first-order valence-electron chi connectivity index (χ1n) is 10.1. The van der Waals surface area contributed by atoms with Gasteiger partial charge >= 0.3 is 0 Å². The molecule has 0 radical (unpaired) electrons. The van der Waals surface area contributed by atoms with Crippen molar-refractivity contribution in [1.29, 1.82) is 0 Å². The topological polar surface area (TPSA) is 67.2 Å². The molecule has 1 aromatic heterocycles. The normalized spacial score (nSPS) is 16.2. The third-order valence-corrected chi connectivity index (χ3v) is 5.31. The fourth-order valence-electron chi connectivity index (χ4n) is 3.74. The van der Waals surface area contributed by atoms with Crippen molar-refractivity contribution in [3.63, 3.8) is 0 Å². The van der Waals surface area contributed by atoms with E-state index in [2.05, 4.69) is 10.4 Å². The fraction of sp³-hybridized carbons (Fsp3) is 0.261. The monoisotopic (exact) mass is 424 g/mol. The number of hydrogen-bond acceptors (Lipinski definition) is 4. The maximum atomic E-state index is 13.6. The number of anilines is 1. The number of amides is 1. The van der Waals surface area contributed by atoms with Crippen LogP contribution < -0.4 is 15.8 Å². The molecule has 0 saturated carbocycles. The molecule has 1 unspecified atom stereocenters. The number of halogens is 2. The van der Waals surface area contributed by atoms with Crippen LogP contribution in [0.4, 0.5) is 14.6 Å². The molecule has 160 valence electrons. The quantitative estimate of drug-likeness (QED) is 0.684. The Morgan fingerprint density at radius 3 is 2.61 bits per heavy atom. The molecule has 31 heavy (non-hydrogen) atoms. The molecule has 0 aliphatic carbocycles. The Kier molecular flexibility index (Phi) is 6.06. The van der Waals surface area contributed by atoms with E-state index in [0.717, 1.165) is 17.5 Å². The number of piperidine rings is 1. The SMILES string of the molecule is O=C(NCc1cccc(F)c1)C1CCCN(c2ccc(=O)n(-c3cccc(F)c3)n2)C1. The molecule has 1 aliphatic rings. The third kappa shape index (κ3) is 4.96. The molecule has 3 aromatic rings. The molecule has 0 bridgehead atoms. The van der Waals surface area contributed by atoms with Gasteiger partial charge in [0.2, 0.25) is 5.91 Å². The summed E-state index contributed by atoms with van der Waals surface area (Å²) >= 11 is 0. The second-order valence-electron chi connectivity index (χ2n) is 7.55. The number of nitrogens with zero attached hydrogens (tertiary/aromatic N) is 3. The largest absolute Gasteiger partial charge is 0.354 e. The van der Waals surface area contributed by atoms with Crippen molar-refractivity contribution in [2.75, 3.05) is 18.0 Å². The molecule has 1 amide bonds. The van der Waals surface area contributed by atoms with E-state index in [0.29, 0.717) is 30.2 Å². The predicted molar refractivity (Wildman–Crippen MR) is 113 cm³/mol. The van der Waals surface area contributed by atoms with E-state index < -0.39 is 5.82 Å². The van der Waals surface area contributed by atoms with Crippen LogP contribution in [-0.4, -0.2) is 28.8 Å². The van der Waals surface area contributed by atoms with E-state index >= 15 is 0 Å². The van der Waals surface area contributed by atoms with Crippen LogP contribution in [0, 0.1) is 17.6 Å². The average molecular weight is 424 g/mol. The minimum atomic E-state index is -0.454. The Morgan fingerprint density at radius 1 is 1.06 bits per heavy atom. The van der Waals surface area contributed by atoms with Crippen molar-refractivity contribution in [3.05, 3.63) is 88.2 Å². The Bertz CT molecular complexity index is 1150. The lowest BCUT2D eigenvalue weighted by molar-refractivity contribution is -0.125. The van der Waals surface area contributed by atoms with Crippen molar-refractivity contribution in [2.24, 2.45) is 5.92 Å². The van der Waals surface area contributed by atoms with Crippen molar-refractivity contribution in [2.45, 2.75) is 19.4 Å². The zero-order valence-electron chi connectivity index (χ0n) is 16.8. The number of rotatable bonds is 5. The minimum absolute atomic E-state index is 0.104. The number of aromatic nitrogens is 2. The Balaban J connectivity index is 1.46. The van der Waals surface area contributed by atoms with Gasteiger partial charge in [-0.1, -0.05) is 18.2 Å². The molecule has 0 spiro atoms. The van der Waals surface area contributed by atoms with Crippen molar-refractivity contribution < 1.29 is 13.6 Å². The number of hydrogen-bond donors (Lipinski definition) is 1. The molecule has 2 heterocycles. The van der Waals surface area contributed by atoms with E-state index in [-0.39, 0.29) is 29.7 Å². The molecule has 6 nitrogen and oxygen atoms in total. The van der Waals surface area contributed by atoms with Crippen molar-refractivity contribution >= 4 is 11.7 Å². The van der Waals surface area contributed by atoms with Crippen LogP contribution in [0.5, 0.6) is 0 Å². The molecule has 1 aliphatic heterocycles. The molecular formula is C23H22F2N4O2. The van der Waals surface area contributed by atoms with Gasteiger partial charge in [-0.05, 0) is 54.8 Å². The fourth-order valence-corrected chi connectivity index (χ4v) is 3.74. The zero-order valence-corrected chi connectivity index (χ0v) is 16.8.